The van der Waals surface area contributed by atoms with E-state index in [2.05, 4.69) is 112 Å². The molecular weight excluding hydrogens is 1770 g/mol. The van der Waals surface area contributed by atoms with Crippen molar-refractivity contribution in [2.75, 3.05) is 237 Å². The number of nitrogens with one attached hydrogen (secondary N) is 2. The van der Waals surface area contributed by atoms with E-state index in [1.54, 1.807) is 32.9 Å². The number of ketones is 2. The fraction of sp³-hybridized carbons (Fsp3) is 0.535. The lowest BCUT2D eigenvalue weighted by molar-refractivity contribution is -0.286. The SMILES string of the molecule is C=C(C)C(=O)CC(CO)CO.C=C(C)C(=O)N(CCO)CCO.C=C(C)C(=O)OCCCN(CCO)CCO.C=C(C)COOCCNC(=O)CC(CO)CO.C=C(C)COOCCNC(=O)N(CCO)CCO.C=CC(=O)CC(CO)CO.C=CCN(CC=C)C(CO)CO.C=Cc1ccc(CN(CCO)CCO)cc1.C=Cc1ccc(CN(Cc2ccc(C=C)cc2)C(CO)CO)cc1. The standard InChI is InChI=1S/C21H25NO2.C13H19NO2.C11H22N2O5.C11H21NO5.C11H21NO4.C9H17NO2.C8H15NO3.C8H14O3.C7H12O3/c1-3-17-5-9-19(10-6-17)13-22(21(15-23)16-24)14-20-11-7-18(4-2)8-12-20;1-2-12-3-5-13(6-4-12)11-14(7-9-15)8-10-16;1-10(2)9-18-17-8-3-12-11(16)13(4-6-14)5-7-15;1-9(2)8-17-16-4-3-12-11(15)5-10(6-13)7-14;1-10(2)11(15)16-9-3-4-12(5-7-13)6-8-14;1-3-5-10(6-4-2)9(7-11)8-12;1-7(2)8(12)9(3-5-10)4-6-11;1-6(2)8(11)3-7(4-9)5-10;1-2-7(10)3-6(4-8)5-9/h3-12,21,23-24H,1-2,13-16H2;2-6,15-16H,1,7-11H2;14-15H,1,3-9H2,2H3,(H,12,16);10,13-14H,1,3-8H2,2H3,(H,12,15);13-14H,1,3-9H2,2H3;3-4,9,11-12H,1-2,5-8H2;10-11H,1,3-6H2,2H3;7,9-10H,1,3-5H2,2H3;2,6,8-9H,1,3-5H2. The third kappa shape index (κ3) is 78.8. The maximum atomic E-state index is 11.5. The van der Waals surface area contributed by atoms with Crippen LogP contribution in [0, 0.1) is 17.8 Å². The van der Waals surface area contributed by atoms with Crippen LogP contribution in [-0.2, 0) is 67.9 Å². The summed E-state index contributed by atoms with van der Waals surface area (Å²) in [5, 5.41) is 164. The number of allylic oxidation sites excluding steroid dienone is 2. The van der Waals surface area contributed by atoms with Gasteiger partial charge in [-0.15, -0.1) is 13.2 Å². The van der Waals surface area contributed by atoms with Gasteiger partial charge in [0.1, 0.15) is 13.2 Å². The third-order valence-corrected chi connectivity index (χ3v) is 18.1. The zero-order valence-electron chi connectivity index (χ0n) is 81.2. The van der Waals surface area contributed by atoms with Gasteiger partial charge in [-0.3, -0.25) is 38.8 Å². The molecule has 0 atom stereocenters. The molecule has 37 nitrogen and oxygen atoms in total. The van der Waals surface area contributed by atoms with Crippen LogP contribution in [0.2, 0.25) is 0 Å². The Hall–Kier alpha value is -9.22. The van der Waals surface area contributed by atoms with Gasteiger partial charge < -0.3 is 117 Å². The molecule has 0 bridgehead atoms. The zero-order valence-corrected chi connectivity index (χ0v) is 81.2. The van der Waals surface area contributed by atoms with E-state index in [-0.39, 0.29) is 243 Å². The summed E-state index contributed by atoms with van der Waals surface area (Å²) in [4.78, 5) is 96.3. The quantitative estimate of drug-likeness (QED) is 0.00964. The van der Waals surface area contributed by atoms with Gasteiger partial charge in [0, 0.05) is 193 Å². The Labute approximate surface area is 806 Å². The van der Waals surface area contributed by atoms with E-state index in [9.17, 15) is 39.0 Å². The molecule has 0 fully saturated rings. The van der Waals surface area contributed by atoms with E-state index >= 15 is 0 Å². The number of urea groups is 1. The summed E-state index contributed by atoms with van der Waals surface area (Å²) in [5.41, 5.74) is 9.66. The number of aliphatic hydroxyl groups excluding tert-OH is 18. The predicted octanol–water partition coefficient (Wildman–Crippen LogP) is 2.60. The van der Waals surface area contributed by atoms with Crippen molar-refractivity contribution in [1.82, 2.24) is 40.0 Å². The molecule has 37 heteroatoms. The number of benzene rings is 3. The van der Waals surface area contributed by atoms with Crippen molar-refractivity contribution in [3.05, 3.63) is 225 Å². The summed E-state index contributed by atoms with van der Waals surface area (Å²) in [6.07, 6.45) is 11.2. The second-order valence-corrected chi connectivity index (χ2v) is 30.4. The number of ether oxygens (including phenoxy) is 1. The molecular formula is C99H166N8O29. The van der Waals surface area contributed by atoms with E-state index in [0.717, 1.165) is 45.5 Å². The summed E-state index contributed by atoms with van der Waals surface area (Å²) in [5.74, 6) is -2.15. The third-order valence-electron chi connectivity index (χ3n) is 18.1. The lowest BCUT2D eigenvalue weighted by atomic mass is 10.0. The van der Waals surface area contributed by atoms with Crippen LogP contribution >= 0.6 is 0 Å². The highest BCUT2D eigenvalue weighted by Gasteiger charge is 2.21. The average Bonchev–Trinajstić information content (AvgIpc) is 0.856. The molecule has 0 aliphatic rings. The first-order valence-electron chi connectivity index (χ1n) is 44.5. The van der Waals surface area contributed by atoms with Gasteiger partial charge >= 0.3 is 12.0 Å². The molecule has 0 aliphatic carbocycles. The number of Topliss-reactive ketones (excluding diaryl/α,β-unsaturated/α-hetero) is 1. The van der Waals surface area contributed by atoms with Crippen LogP contribution in [0.4, 0.5) is 4.79 Å². The topological polar surface area (TPSA) is 556 Å². The first kappa shape index (κ1) is 137. The van der Waals surface area contributed by atoms with Crippen molar-refractivity contribution in [3.63, 3.8) is 0 Å². The number of esters is 1. The second-order valence-electron chi connectivity index (χ2n) is 30.4. The number of hydrogen-bond donors (Lipinski definition) is 20. The summed E-state index contributed by atoms with van der Waals surface area (Å²) in [7, 11) is 0. The van der Waals surface area contributed by atoms with Gasteiger partial charge in [0.2, 0.25) is 11.8 Å². The molecule has 0 heterocycles. The van der Waals surface area contributed by atoms with Crippen molar-refractivity contribution in [2.45, 2.75) is 92.0 Å². The highest BCUT2D eigenvalue weighted by molar-refractivity contribution is 5.94. The van der Waals surface area contributed by atoms with E-state index in [4.69, 9.17) is 106 Å². The molecule has 3 rings (SSSR count). The number of amides is 4. The number of carbonyl (C=O) groups is 6. The highest BCUT2D eigenvalue weighted by atomic mass is 17.2. The lowest BCUT2D eigenvalue weighted by Crippen LogP contribution is -2.43. The second kappa shape index (κ2) is 96.1. The van der Waals surface area contributed by atoms with Gasteiger partial charge in [-0.2, -0.15) is 0 Å². The summed E-state index contributed by atoms with van der Waals surface area (Å²) in [6, 6.07) is 23.5. The molecule has 0 aliphatic heterocycles. The van der Waals surface area contributed by atoms with Crippen molar-refractivity contribution in [2.24, 2.45) is 17.8 Å². The molecule has 0 aromatic heterocycles. The fourth-order valence-electron chi connectivity index (χ4n) is 10.4. The maximum Gasteiger partial charge on any atom is 0.333 e. The van der Waals surface area contributed by atoms with Gasteiger partial charge in [0.25, 0.3) is 0 Å². The van der Waals surface area contributed by atoms with E-state index < -0.39 is 5.92 Å². The van der Waals surface area contributed by atoms with Gasteiger partial charge in [-0.25, -0.2) is 29.1 Å². The lowest BCUT2D eigenvalue weighted by Gasteiger charge is -2.29. The first-order chi connectivity index (χ1) is 65.1. The molecule has 20 N–H and O–H groups in total. The van der Waals surface area contributed by atoms with Crippen LogP contribution in [0.3, 0.4) is 0 Å². The smallest absolute Gasteiger partial charge is 0.333 e. The van der Waals surface area contributed by atoms with Crippen molar-refractivity contribution >= 4 is 53.6 Å². The van der Waals surface area contributed by atoms with Gasteiger partial charge in [0.05, 0.1) is 111 Å². The molecule has 3 aromatic carbocycles. The van der Waals surface area contributed by atoms with Crippen molar-refractivity contribution in [3.8, 4) is 0 Å². The molecule has 0 spiro atoms. The molecule has 0 radical (unpaired) electrons. The number of rotatable bonds is 67. The molecule has 776 valence electrons. The number of hydrogen-bond acceptors (Lipinski definition) is 33. The summed E-state index contributed by atoms with van der Waals surface area (Å²) < 4.78 is 4.92. The van der Waals surface area contributed by atoms with E-state index in [0.29, 0.717) is 108 Å². The van der Waals surface area contributed by atoms with Gasteiger partial charge in [0.15, 0.2) is 11.6 Å². The normalized spacial score (nSPS) is 10.4. The van der Waals surface area contributed by atoms with Crippen molar-refractivity contribution < 1.29 is 145 Å². The number of carbonyl (C=O) groups excluding carboxylic acids is 6. The van der Waals surface area contributed by atoms with Crippen LogP contribution in [0.15, 0.2) is 191 Å². The Bertz CT molecular complexity index is 3530. The monoisotopic (exact) mass is 1930 g/mol. The Morgan fingerprint density at radius 1 is 0.368 bits per heavy atom. The van der Waals surface area contributed by atoms with E-state index in [1.807, 2.05) is 95.3 Å². The van der Waals surface area contributed by atoms with Gasteiger partial charge in [-0.05, 0) is 86.1 Å². The minimum atomic E-state index is -0.407. The minimum absolute atomic E-state index is 0.0435. The maximum absolute atomic E-state index is 11.5. The number of aliphatic hydroxyl groups is 18. The molecule has 0 saturated heterocycles. The zero-order chi connectivity index (χ0) is 104. The summed E-state index contributed by atoms with van der Waals surface area (Å²) >= 11 is 0. The Morgan fingerprint density at radius 2 is 0.713 bits per heavy atom. The van der Waals surface area contributed by atoms with Crippen molar-refractivity contribution in [1.29, 1.82) is 0 Å². The Kier molecular flexibility index (Phi) is 97.1. The van der Waals surface area contributed by atoms with Gasteiger partial charge in [-0.1, -0.05) is 174 Å². The first-order valence-corrected chi connectivity index (χ1v) is 44.5. The molecule has 0 unspecified atom stereocenters. The van der Waals surface area contributed by atoms with Crippen LogP contribution < -0.4 is 10.6 Å². The summed E-state index contributed by atoms with van der Waals surface area (Å²) in [6.45, 7) is 55.6. The molecule has 0 saturated carbocycles. The molecule has 4 amide bonds. The largest absolute Gasteiger partial charge is 0.462 e. The Balaban J connectivity index is -0.000000354. The molecule has 136 heavy (non-hydrogen) atoms. The fourth-order valence-corrected chi connectivity index (χ4v) is 10.4. The van der Waals surface area contributed by atoms with E-state index in [1.165, 1.54) is 21.4 Å². The number of nitrogens with zero attached hydrogens (tertiary/aromatic N) is 6. The van der Waals surface area contributed by atoms with Crippen LogP contribution in [-0.4, -0.2) is 406 Å². The van der Waals surface area contributed by atoms with Crippen LogP contribution in [0.1, 0.15) is 93.7 Å². The average molecular weight is 1930 g/mol. The highest BCUT2D eigenvalue weighted by Crippen LogP contribution is 2.17. The predicted molar refractivity (Wildman–Crippen MR) is 530 cm³/mol. The minimum Gasteiger partial charge on any atom is -0.462 e. The molecule has 3 aromatic rings. The Morgan fingerprint density at radius 3 is 1.04 bits per heavy atom. The van der Waals surface area contributed by atoms with Crippen LogP contribution in [0.25, 0.3) is 18.2 Å². The van der Waals surface area contributed by atoms with Crippen LogP contribution in [0.5, 0.6) is 0 Å².